The van der Waals surface area contributed by atoms with E-state index in [1.165, 1.54) is 0 Å². The smallest absolute Gasteiger partial charge is 0.423 e. The standard InChI is InChI=1S/C8H4B2F6N2O4S/c11-7(12,13)1-2(8(14,15)16)4(10(21)22)6-5(17-23-18-6)3(1)9(19)20/h19-22H. The van der Waals surface area contributed by atoms with E-state index in [1.54, 1.807) is 0 Å². The minimum absolute atomic E-state index is 0.176. The summed E-state index contributed by atoms with van der Waals surface area (Å²) < 4.78 is 85.5. The number of benzene rings is 1. The van der Waals surface area contributed by atoms with Crippen molar-refractivity contribution >= 4 is 47.9 Å². The topological polar surface area (TPSA) is 107 Å². The van der Waals surface area contributed by atoms with E-state index in [9.17, 15) is 26.3 Å². The quantitative estimate of drug-likeness (QED) is 0.408. The van der Waals surface area contributed by atoms with Gasteiger partial charge in [0.1, 0.15) is 11.0 Å². The molecule has 4 N–H and O–H groups in total. The molecule has 0 saturated heterocycles. The molecule has 0 aliphatic rings. The minimum Gasteiger partial charge on any atom is -0.423 e. The van der Waals surface area contributed by atoms with E-state index in [0.29, 0.717) is 0 Å². The minimum atomic E-state index is -5.68. The van der Waals surface area contributed by atoms with Crippen LogP contribution in [-0.2, 0) is 12.4 Å². The third-order valence-corrected chi connectivity index (χ3v) is 3.40. The van der Waals surface area contributed by atoms with Crippen molar-refractivity contribution in [3.05, 3.63) is 11.1 Å². The number of fused-ring (bicyclic) bond motifs is 1. The molecule has 0 amide bonds. The van der Waals surface area contributed by atoms with Gasteiger partial charge in [-0.1, -0.05) is 0 Å². The summed E-state index contributed by atoms with van der Waals surface area (Å²) in [4.78, 5) is 0. The molecule has 2 rings (SSSR count). The molecular weight excluding hydrogens is 356 g/mol. The van der Waals surface area contributed by atoms with Crippen LogP contribution in [0.1, 0.15) is 11.1 Å². The highest BCUT2D eigenvalue weighted by molar-refractivity contribution is 7.00. The van der Waals surface area contributed by atoms with Gasteiger partial charge in [-0.25, -0.2) is 0 Å². The molecule has 0 spiro atoms. The lowest BCUT2D eigenvalue weighted by Gasteiger charge is -2.22. The van der Waals surface area contributed by atoms with Gasteiger partial charge < -0.3 is 20.1 Å². The zero-order valence-corrected chi connectivity index (χ0v) is 11.3. The first-order chi connectivity index (χ1) is 10.4. The summed E-state index contributed by atoms with van der Waals surface area (Å²) in [6.45, 7) is 0. The Kier molecular flexibility index (Phi) is 4.36. The average molecular weight is 360 g/mol. The Bertz CT molecular complexity index is 687. The molecule has 0 saturated carbocycles. The number of rotatable bonds is 2. The second kappa shape index (κ2) is 5.59. The van der Waals surface area contributed by atoms with Gasteiger partial charge >= 0.3 is 26.6 Å². The molecule has 0 unspecified atom stereocenters. The maximum absolute atomic E-state index is 13.1. The maximum Gasteiger partial charge on any atom is 0.491 e. The highest BCUT2D eigenvalue weighted by atomic mass is 32.1. The first-order valence-electron chi connectivity index (χ1n) is 5.56. The van der Waals surface area contributed by atoms with Crippen LogP contribution < -0.4 is 10.9 Å². The molecular formula is C8H4B2F6N2O4S. The third-order valence-electron chi connectivity index (χ3n) is 2.87. The Hall–Kier alpha value is -1.41. The number of nitrogens with zero attached hydrogens (tertiary/aromatic N) is 2. The molecule has 124 valence electrons. The van der Waals surface area contributed by atoms with Gasteiger partial charge in [0.2, 0.25) is 0 Å². The maximum atomic E-state index is 13.1. The molecule has 0 aliphatic heterocycles. The molecule has 15 heteroatoms. The third kappa shape index (κ3) is 3.01. The first-order valence-corrected chi connectivity index (χ1v) is 6.29. The number of halogens is 6. The SMILES string of the molecule is OB(O)c1c(C(F)(F)F)c(C(F)(F)F)c(B(O)O)c2nsnc12. The van der Waals surface area contributed by atoms with Crippen LogP contribution >= 0.6 is 11.7 Å². The number of hydrogen-bond acceptors (Lipinski definition) is 7. The van der Waals surface area contributed by atoms with Crippen LogP contribution in [0.5, 0.6) is 0 Å². The summed E-state index contributed by atoms with van der Waals surface area (Å²) in [6.07, 6.45) is -11.4. The van der Waals surface area contributed by atoms with Crippen LogP contribution in [0.15, 0.2) is 0 Å². The van der Waals surface area contributed by atoms with E-state index in [4.69, 9.17) is 20.1 Å². The number of aromatic nitrogens is 2. The van der Waals surface area contributed by atoms with Crippen molar-refractivity contribution in [3.63, 3.8) is 0 Å². The van der Waals surface area contributed by atoms with Crippen molar-refractivity contribution in [3.8, 4) is 0 Å². The second-order valence-electron chi connectivity index (χ2n) is 4.28. The van der Waals surface area contributed by atoms with Crippen LogP contribution in [0.25, 0.3) is 11.0 Å². The summed E-state index contributed by atoms with van der Waals surface area (Å²) in [5.74, 6) is 0. The van der Waals surface area contributed by atoms with E-state index >= 15 is 0 Å². The van der Waals surface area contributed by atoms with E-state index in [0.717, 1.165) is 0 Å². The molecule has 0 bridgehead atoms. The van der Waals surface area contributed by atoms with Crippen molar-refractivity contribution < 1.29 is 46.4 Å². The first kappa shape index (κ1) is 17.9. The lowest BCUT2D eigenvalue weighted by Crippen LogP contribution is -2.46. The predicted molar refractivity (Wildman–Crippen MR) is 67.1 cm³/mol. The number of hydrogen-bond donors (Lipinski definition) is 4. The molecule has 1 aromatic heterocycles. The zero-order valence-electron chi connectivity index (χ0n) is 10.5. The van der Waals surface area contributed by atoms with Gasteiger partial charge in [0.05, 0.1) is 22.9 Å². The molecule has 0 fully saturated rings. The molecule has 0 radical (unpaired) electrons. The van der Waals surface area contributed by atoms with E-state index in [1.807, 2.05) is 0 Å². The second-order valence-corrected chi connectivity index (χ2v) is 4.81. The molecule has 0 aliphatic carbocycles. The summed E-state index contributed by atoms with van der Waals surface area (Å²) in [5.41, 5.74) is -9.84. The van der Waals surface area contributed by atoms with Crippen LogP contribution in [0, 0.1) is 0 Å². The van der Waals surface area contributed by atoms with E-state index in [-0.39, 0.29) is 11.7 Å². The lowest BCUT2D eigenvalue weighted by atomic mass is 9.67. The Morgan fingerprint density at radius 3 is 1.22 bits per heavy atom. The van der Waals surface area contributed by atoms with Crippen LogP contribution in [0.2, 0.25) is 0 Å². The van der Waals surface area contributed by atoms with Crippen LogP contribution in [-0.4, -0.2) is 43.1 Å². The van der Waals surface area contributed by atoms with E-state index in [2.05, 4.69) is 8.75 Å². The zero-order chi connectivity index (χ0) is 17.7. The van der Waals surface area contributed by atoms with Crippen molar-refractivity contribution in [1.82, 2.24) is 8.75 Å². The fourth-order valence-corrected chi connectivity index (χ4v) is 2.71. The van der Waals surface area contributed by atoms with Crippen molar-refractivity contribution in [2.45, 2.75) is 12.4 Å². The van der Waals surface area contributed by atoms with Crippen LogP contribution in [0.3, 0.4) is 0 Å². The fraction of sp³-hybridized carbons (Fsp3) is 0.250. The van der Waals surface area contributed by atoms with E-state index < -0.39 is 59.7 Å². The summed E-state index contributed by atoms with van der Waals surface area (Å²) in [7, 11) is -5.88. The Morgan fingerprint density at radius 2 is 1.00 bits per heavy atom. The van der Waals surface area contributed by atoms with Crippen molar-refractivity contribution in [2.75, 3.05) is 0 Å². The lowest BCUT2D eigenvalue weighted by molar-refractivity contribution is -0.160. The summed E-state index contributed by atoms with van der Waals surface area (Å²) in [5, 5.41) is 36.4. The van der Waals surface area contributed by atoms with Gasteiger partial charge in [-0.2, -0.15) is 35.1 Å². The molecule has 1 heterocycles. The monoisotopic (exact) mass is 360 g/mol. The van der Waals surface area contributed by atoms with Gasteiger partial charge in [0, 0.05) is 10.9 Å². The Balaban J connectivity index is 3.17. The molecule has 2 aromatic rings. The molecule has 0 atom stereocenters. The highest BCUT2D eigenvalue weighted by Gasteiger charge is 2.51. The van der Waals surface area contributed by atoms with Crippen molar-refractivity contribution in [1.29, 1.82) is 0 Å². The van der Waals surface area contributed by atoms with Gasteiger partial charge in [-0.05, 0) is 0 Å². The van der Waals surface area contributed by atoms with Gasteiger partial charge in [-0.15, -0.1) is 0 Å². The highest BCUT2D eigenvalue weighted by Crippen LogP contribution is 2.40. The molecule has 6 nitrogen and oxygen atoms in total. The molecule has 1 aromatic carbocycles. The Labute approximate surface area is 127 Å². The van der Waals surface area contributed by atoms with Crippen molar-refractivity contribution in [2.24, 2.45) is 0 Å². The Morgan fingerprint density at radius 1 is 0.696 bits per heavy atom. The van der Waals surface area contributed by atoms with Crippen LogP contribution in [0.4, 0.5) is 26.3 Å². The average Bonchev–Trinajstić information content (AvgIpc) is 2.80. The normalized spacial score (nSPS) is 12.8. The van der Waals surface area contributed by atoms with Gasteiger partial charge in [0.15, 0.2) is 0 Å². The summed E-state index contributed by atoms with van der Waals surface area (Å²) >= 11 is 0.176. The molecule has 23 heavy (non-hydrogen) atoms. The summed E-state index contributed by atoms with van der Waals surface area (Å²) in [6, 6.07) is 0. The fourth-order valence-electron chi connectivity index (χ4n) is 2.14. The largest absolute Gasteiger partial charge is 0.491 e. The predicted octanol–water partition coefficient (Wildman–Crippen LogP) is -0.911. The van der Waals surface area contributed by atoms with Gasteiger partial charge in [0.25, 0.3) is 0 Å². The van der Waals surface area contributed by atoms with Gasteiger partial charge in [-0.3, -0.25) is 0 Å². The number of alkyl halides is 6.